The highest BCUT2D eigenvalue weighted by Crippen LogP contribution is 2.24. The van der Waals surface area contributed by atoms with Gasteiger partial charge in [0.25, 0.3) is 0 Å². The lowest BCUT2D eigenvalue weighted by atomic mass is 10.2. The van der Waals surface area contributed by atoms with Gasteiger partial charge in [-0.3, -0.25) is 0 Å². The van der Waals surface area contributed by atoms with Crippen LogP contribution in [0.15, 0.2) is 83.3 Å². The summed E-state index contributed by atoms with van der Waals surface area (Å²) in [6.45, 7) is 0.548. The van der Waals surface area contributed by atoms with Crippen molar-refractivity contribution in [1.82, 2.24) is 0 Å². The van der Waals surface area contributed by atoms with Gasteiger partial charge in [-0.1, -0.05) is 46.3 Å². The predicted octanol–water partition coefficient (Wildman–Crippen LogP) is 5.82. The van der Waals surface area contributed by atoms with Crippen molar-refractivity contribution in [3.63, 3.8) is 0 Å². The number of rotatable bonds is 5. The van der Waals surface area contributed by atoms with E-state index in [4.69, 9.17) is 9.47 Å². The molecule has 0 saturated heterocycles. The summed E-state index contributed by atoms with van der Waals surface area (Å²) in [5.41, 5.74) is 1.13. The van der Waals surface area contributed by atoms with Gasteiger partial charge in [-0.25, -0.2) is 0 Å². The van der Waals surface area contributed by atoms with Crippen molar-refractivity contribution in [2.75, 3.05) is 0 Å². The molecule has 0 bridgehead atoms. The largest absolute Gasteiger partial charge is 0.489 e. The second kappa shape index (κ2) is 7.14. The molecular weight excluding hydrogens is 340 g/mol. The molecule has 2 nitrogen and oxygen atoms in total. The average Bonchev–Trinajstić information content (AvgIpc) is 2.57. The van der Waals surface area contributed by atoms with E-state index in [-0.39, 0.29) is 0 Å². The highest BCUT2D eigenvalue weighted by molar-refractivity contribution is 9.10. The molecule has 0 N–H and O–H groups in total. The molecule has 3 heteroatoms. The monoisotopic (exact) mass is 354 g/mol. The Bertz CT molecular complexity index is 707. The van der Waals surface area contributed by atoms with Gasteiger partial charge >= 0.3 is 0 Å². The normalized spacial score (nSPS) is 10.2. The number of halogens is 1. The zero-order valence-corrected chi connectivity index (χ0v) is 13.5. The van der Waals surface area contributed by atoms with Crippen molar-refractivity contribution in [3.8, 4) is 17.2 Å². The number of para-hydroxylation sites is 1. The summed E-state index contributed by atoms with van der Waals surface area (Å²) in [7, 11) is 0. The maximum absolute atomic E-state index is 5.77. The van der Waals surface area contributed by atoms with Gasteiger partial charge in [0.2, 0.25) is 0 Å². The van der Waals surface area contributed by atoms with Crippen LogP contribution in [0.25, 0.3) is 0 Å². The van der Waals surface area contributed by atoms with E-state index in [9.17, 15) is 0 Å². The Labute approximate surface area is 138 Å². The quantitative estimate of drug-likeness (QED) is 0.574. The topological polar surface area (TPSA) is 18.5 Å². The highest BCUT2D eigenvalue weighted by Gasteiger charge is 1.99. The molecule has 0 heterocycles. The molecule has 3 aromatic carbocycles. The molecule has 0 amide bonds. The second-order valence-corrected chi connectivity index (χ2v) is 5.72. The van der Waals surface area contributed by atoms with Crippen molar-refractivity contribution < 1.29 is 9.47 Å². The molecule has 3 aromatic rings. The molecule has 0 atom stereocenters. The summed E-state index contributed by atoms with van der Waals surface area (Å²) in [4.78, 5) is 0. The predicted molar refractivity (Wildman–Crippen MR) is 91.4 cm³/mol. The molecule has 0 unspecified atom stereocenters. The minimum atomic E-state index is 0.548. The number of benzene rings is 3. The SMILES string of the molecule is Brc1ccc(COc2ccc(Oc3ccccc3)cc2)cc1. The number of ether oxygens (including phenoxy) is 2. The van der Waals surface area contributed by atoms with Gasteiger partial charge in [0.05, 0.1) is 0 Å². The molecule has 0 spiro atoms. The van der Waals surface area contributed by atoms with Crippen LogP contribution in [0.5, 0.6) is 17.2 Å². The first-order valence-corrected chi connectivity index (χ1v) is 7.79. The summed E-state index contributed by atoms with van der Waals surface area (Å²) in [6.07, 6.45) is 0. The molecule has 0 aliphatic carbocycles. The fourth-order valence-electron chi connectivity index (χ4n) is 1.98. The van der Waals surface area contributed by atoms with Gasteiger partial charge in [-0.15, -0.1) is 0 Å². The molecule has 0 radical (unpaired) electrons. The van der Waals surface area contributed by atoms with E-state index in [0.29, 0.717) is 6.61 Å². The minimum Gasteiger partial charge on any atom is -0.489 e. The zero-order valence-electron chi connectivity index (χ0n) is 11.9. The van der Waals surface area contributed by atoms with Crippen LogP contribution in [0.2, 0.25) is 0 Å². The van der Waals surface area contributed by atoms with E-state index in [1.807, 2.05) is 78.9 Å². The Kier molecular flexibility index (Phi) is 4.76. The van der Waals surface area contributed by atoms with E-state index >= 15 is 0 Å². The Balaban J connectivity index is 1.58. The summed E-state index contributed by atoms with van der Waals surface area (Å²) in [5.74, 6) is 2.44. The standard InChI is InChI=1S/C19H15BrO2/c20-16-8-6-15(7-9-16)14-21-17-10-12-19(13-11-17)22-18-4-2-1-3-5-18/h1-13H,14H2. The Morgan fingerprint density at radius 3 is 1.91 bits per heavy atom. The van der Waals surface area contributed by atoms with E-state index in [2.05, 4.69) is 15.9 Å². The zero-order chi connectivity index (χ0) is 15.2. The lowest BCUT2D eigenvalue weighted by Gasteiger charge is -2.08. The van der Waals surface area contributed by atoms with Gasteiger partial charge < -0.3 is 9.47 Å². The second-order valence-electron chi connectivity index (χ2n) is 4.80. The maximum Gasteiger partial charge on any atom is 0.127 e. The van der Waals surface area contributed by atoms with Gasteiger partial charge in [0.15, 0.2) is 0 Å². The first kappa shape index (κ1) is 14.7. The van der Waals surface area contributed by atoms with Crippen LogP contribution in [0.4, 0.5) is 0 Å². The molecule has 22 heavy (non-hydrogen) atoms. The van der Waals surface area contributed by atoms with Crippen molar-refractivity contribution in [3.05, 3.63) is 88.9 Å². The van der Waals surface area contributed by atoms with Crippen LogP contribution in [0.1, 0.15) is 5.56 Å². The van der Waals surface area contributed by atoms with Crippen LogP contribution < -0.4 is 9.47 Å². The first-order chi connectivity index (χ1) is 10.8. The summed E-state index contributed by atoms with van der Waals surface area (Å²) in [6, 6.07) is 25.5. The van der Waals surface area contributed by atoms with Crippen molar-refractivity contribution >= 4 is 15.9 Å². The van der Waals surface area contributed by atoms with E-state index < -0.39 is 0 Å². The molecule has 3 rings (SSSR count). The maximum atomic E-state index is 5.77. The van der Waals surface area contributed by atoms with E-state index in [1.54, 1.807) is 0 Å². The van der Waals surface area contributed by atoms with Crippen molar-refractivity contribution in [2.45, 2.75) is 6.61 Å². The lowest BCUT2D eigenvalue weighted by Crippen LogP contribution is -1.95. The summed E-state index contributed by atoms with van der Waals surface area (Å²) in [5, 5.41) is 0. The summed E-state index contributed by atoms with van der Waals surface area (Å²) < 4.78 is 12.6. The number of hydrogen-bond donors (Lipinski definition) is 0. The van der Waals surface area contributed by atoms with Crippen LogP contribution in [-0.4, -0.2) is 0 Å². The molecule has 0 aliphatic rings. The van der Waals surface area contributed by atoms with Crippen LogP contribution in [0.3, 0.4) is 0 Å². The fraction of sp³-hybridized carbons (Fsp3) is 0.0526. The first-order valence-electron chi connectivity index (χ1n) is 7.00. The van der Waals surface area contributed by atoms with Gasteiger partial charge in [0.1, 0.15) is 23.9 Å². The molecule has 110 valence electrons. The van der Waals surface area contributed by atoms with E-state index in [0.717, 1.165) is 27.3 Å². The molecule has 0 aromatic heterocycles. The average molecular weight is 355 g/mol. The van der Waals surface area contributed by atoms with Gasteiger partial charge in [0, 0.05) is 4.47 Å². The van der Waals surface area contributed by atoms with E-state index in [1.165, 1.54) is 0 Å². The van der Waals surface area contributed by atoms with Gasteiger partial charge in [-0.05, 0) is 54.1 Å². The van der Waals surface area contributed by atoms with Crippen LogP contribution in [0, 0.1) is 0 Å². The summed E-state index contributed by atoms with van der Waals surface area (Å²) >= 11 is 3.42. The third-order valence-electron chi connectivity index (χ3n) is 3.12. The van der Waals surface area contributed by atoms with Crippen molar-refractivity contribution in [1.29, 1.82) is 0 Å². The lowest BCUT2D eigenvalue weighted by molar-refractivity contribution is 0.306. The molecule has 0 saturated carbocycles. The Hall–Kier alpha value is -2.26. The highest BCUT2D eigenvalue weighted by atomic mass is 79.9. The third-order valence-corrected chi connectivity index (χ3v) is 3.65. The van der Waals surface area contributed by atoms with Crippen molar-refractivity contribution in [2.24, 2.45) is 0 Å². The van der Waals surface area contributed by atoms with Crippen LogP contribution >= 0.6 is 15.9 Å². The molecule has 0 fully saturated rings. The number of hydrogen-bond acceptors (Lipinski definition) is 2. The molecule has 0 aliphatic heterocycles. The minimum absolute atomic E-state index is 0.548. The molecular formula is C19H15BrO2. The Morgan fingerprint density at radius 2 is 1.23 bits per heavy atom. The third kappa shape index (κ3) is 4.12. The van der Waals surface area contributed by atoms with Crippen LogP contribution in [-0.2, 0) is 6.61 Å². The van der Waals surface area contributed by atoms with Gasteiger partial charge in [-0.2, -0.15) is 0 Å². The smallest absolute Gasteiger partial charge is 0.127 e. The fourth-order valence-corrected chi connectivity index (χ4v) is 2.24. The Morgan fingerprint density at radius 1 is 0.636 bits per heavy atom.